The number of hydrogen-bond donors (Lipinski definition) is 2. The average Bonchev–Trinajstić information content (AvgIpc) is 2.91. The predicted molar refractivity (Wildman–Crippen MR) is 140 cm³/mol. The number of hydrogen-bond acceptors (Lipinski definition) is 6. The summed E-state index contributed by atoms with van der Waals surface area (Å²) in [5, 5.41) is 3.51. The third kappa shape index (κ3) is 4.33. The van der Waals surface area contributed by atoms with Gasteiger partial charge in [0.15, 0.2) is 0 Å². The highest BCUT2D eigenvalue weighted by Crippen LogP contribution is 2.43. The van der Waals surface area contributed by atoms with Gasteiger partial charge in [0.05, 0.1) is 6.61 Å². The number of nitrogens with one attached hydrogen (secondary N) is 2. The van der Waals surface area contributed by atoms with Gasteiger partial charge < -0.3 is 24.7 Å². The molecule has 0 spiro atoms. The number of aromatic amines is 1. The van der Waals surface area contributed by atoms with Crippen LogP contribution in [0.15, 0.2) is 78.0 Å². The lowest BCUT2D eigenvalue weighted by Gasteiger charge is -2.35. The summed E-state index contributed by atoms with van der Waals surface area (Å²) in [7, 11) is 0. The number of fused-ring (bicyclic) bond motifs is 2. The highest BCUT2D eigenvalue weighted by molar-refractivity contribution is 5.59. The number of aromatic nitrogens is 2. The summed E-state index contributed by atoms with van der Waals surface area (Å²) in [5.41, 5.74) is 7.35. The number of morpholine rings is 1. The zero-order chi connectivity index (χ0) is 24.5. The van der Waals surface area contributed by atoms with Crippen LogP contribution < -0.4 is 20.5 Å². The van der Waals surface area contributed by atoms with E-state index in [9.17, 15) is 4.79 Å². The van der Waals surface area contributed by atoms with Crippen LogP contribution >= 0.6 is 0 Å². The molecule has 0 bridgehead atoms. The van der Waals surface area contributed by atoms with E-state index in [2.05, 4.69) is 57.4 Å². The molecule has 4 aromatic rings. The Morgan fingerprint density at radius 3 is 2.97 bits per heavy atom. The minimum absolute atomic E-state index is 0.0819. The molecular weight excluding hydrogens is 452 g/mol. The van der Waals surface area contributed by atoms with Gasteiger partial charge in [-0.15, -0.1) is 0 Å². The number of rotatable bonds is 5. The molecule has 1 fully saturated rings. The minimum Gasteiger partial charge on any atom is -0.456 e. The summed E-state index contributed by atoms with van der Waals surface area (Å²) in [5.74, 6) is 1.73. The van der Waals surface area contributed by atoms with E-state index in [4.69, 9.17) is 9.47 Å². The Hall–Kier alpha value is -4.10. The van der Waals surface area contributed by atoms with Gasteiger partial charge in [-0.2, -0.15) is 0 Å². The second-order valence-corrected chi connectivity index (χ2v) is 9.28. The average molecular weight is 481 g/mol. The van der Waals surface area contributed by atoms with E-state index in [-0.39, 0.29) is 11.7 Å². The van der Waals surface area contributed by atoms with E-state index in [1.54, 1.807) is 6.20 Å². The molecule has 7 heteroatoms. The predicted octanol–water partition coefficient (Wildman–Crippen LogP) is 4.96. The summed E-state index contributed by atoms with van der Waals surface area (Å²) >= 11 is 0. The van der Waals surface area contributed by atoms with Crippen LogP contribution in [0.25, 0.3) is 0 Å². The summed E-state index contributed by atoms with van der Waals surface area (Å²) in [4.78, 5) is 21.4. The quantitative estimate of drug-likeness (QED) is 0.370. The van der Waals surface area contributed by atoms with Crippen molar-refractivity contribution in [2.75, 3.05) is 29.9 Å². The van der Waals surface area contributed by atoms with E-state index < -0.39 is 0 Å². The molecule has 1 unspecified atom stereocenters. The summed E-state index contributed by atoms with van der Waals surface area (Å²) in [6.07, 6.45) is 5.98. The number of anilines is 2. The normalized spacial score (nSPS) is 16.6. The first kappa shape index (κ1) is 22.4. The van der Waals surface area contributed by atoms with E-state index in [1.165, 1.54) is 11.1 Å². The maximum Gasteiger partial charge on any atom is 0.271 e. The van der Waals surface area contributed by atoms with Crippen LogP contribution in [0.2, 0.25) is 0 Å². The molecule has 36 heavy (non-hydrogen) atoms. The number of benzene rings is 2. The molecule has 2 aliphatic rings. The monoisotopic (exact) mass is 480 g/mol. The first-order chi connectivity index (χ1) is 17.7. The van der Waals surface area contributed by atoms with Crippen molar-refractivity contribution < 1.29 is 9.47 Å². The topological polar surface area (TPSA) is 79.5 Å². The number of pyridine rings is 2. The number of para-hydroxylation sites is 1. The van der Waals surface area contributed by atoms with Crippen LogP contribution in [0, 0.1) is 6.92 Å². The fourth-order valence-electron chi connectivity index (χ4n) is 4.96. The van der Waals surface area contributed by atoms with Crippen molar-refractivity contribution in [1.29, 1.82) is 0 Å². The largest absolute Gasteiger partial charge is 0.456 e. The summed E-state index contributed by atoms with van der Waals surface area (Å²) < 4.78 is 12.6. The molecule has 2 N–H and O–H groups in total. The maximum absolute atomic E-state index is 12.3. The molecular formula is C29H28N4O3. The maximum atomic E-state index is 12.3. The molecule has 2 aliphatic heterocycles. The van der Waals surface area contributed by atoms with Gasteiger partial charge in [0.1, 0.15) is 23.3 Å². The van der Waals surface area contributed by atoms with Gasteiger partial charge in [0.25, 0.3) is 5.56 Å². The Balaban J connectivity index is 1.21. The third-order valence-electron chi connectivity index (χ3n) is 6.96. The molecule has 1 saturated heterocycles. The first-order valence-corrected chi connectivity index (χ1v) is 12.3. The molecule has 0 radical (unpaired) electrons. The Bertz CT molecular complexity index is 1470. The molecule has 4 heterocycles. The standard InChI is InChI=1S/C29H28N4O3/c1-19-9-11-30-16-22(19)17-32-23-7-8-26-21(15-23)14-20-4-2-5-24(28(20)36-26)27-18-33(12-13-35-27)25-6-3-10-31-29(25)34/h2-11,15-16,27,32H,12-14,17-18H2,1H3,(H,31,34). The first-order valence-electron chi connectivity index (χ1n) is 12.3. The van der Waals surface area contributed by atoms with Crippen molar-refractivity contribution in [3.05, 3.63) is 111 Å². The van der Waals surface area contributed by atoms with Crippen LogP contribution in [-0.4, -0.2) is 29.7 Å². The van der Waals surface area contributed by atoms with Crippen LogP contribution in [-0.2, 0) is 17.7 Å². The minimum atomic E-state index is -0.182. The summed E-state index contributed by atoms with van der Waals surface area (Å²) in [6.45, 7) is 4.64. The van der Waals surface area contributed by atoms with Gasteiger partial charge in [-0.05, 0) is 60.0 Å². The van der Waals surface area contributed by atoms with Crippen LogP contribution in [0.1, 0.15) is 33.9 Å². The number of aryl methyl sites for hydroxylation is 1. The number of ether oxygens (including phenoxy) is 2. The van der Waals surface area contributed by atoms with Crippen molar-refractivity contribution in [2.45, 2.75) is 26.0 Å². The van der Waals surface area contributed by atoms with Gasteiger partial charge in [0, 0.05) is 61.5 Å². The van der Waals surface area contributed by atoms with E-state index >= 15 is 0 Å². The highest BCUT2D eigenvalue weighted by Gasteiger charge is 2.29. The molecule has 6 rings (SSSR count). The van der Waals surface area contributed by atoms with E-state index in [1.807, 2.05) is 36.7 Å². The molecule has 182 valence electrons. The van der Waals surface area contributed by atoms with Crippen molar-refractivity contribution in [1.82, 2.24) is 9.97 Å². The summed E-state index contributed by atoms with van der Waals surface area (Å²) in [6, 6.07) is 18.2. The van der Waals surface area contributed by atoms with Crippen molar-refractivity contribution in [3.63, 3.8) is 0 Å². The molecule has 7 nitrogen and oxygen atoms in total. The Morgan fingerprint density at radius 2 is 2.08 bits per heavy atom. The molecule has 0 saturated carbocycles. The van der Waals surface area contributed by atoms with Crippen molar-refractivity contribution in [2.24, 2.45) is 0 Å². The number of nitrogens with zero attached hydrogens (tertiary/aromatic N) is 2. The Kier molecular flexibility index (Phi) is 5.91. The fraction of sp³-hybridized carbons (Fsp3) is 0.241. The zero-order valence-electron chi connectivity index (χ0n) is 20.2. The van der Waals surface area contributed by atoms with Gasteiger partial charge in [0.2, 0.25) is 0 Å². The van der Waals surface area contributed by atoms with Crippen molar-refractivity contribution in [3.8, 4) is 11.5 Å². The Morgan fingerprint density at radius 1 is 1.14 bits per heavy atom. The highest BCUT2D eigenvalue weighted by atomic mass is 16.5. The third-order valence-corrected chi connectivity index (χ3v) is 6.96. The van der Waals surface area contributed by atoms with Crippen LogP contribution in [0.3, 0.4) is 0 Å². The smallest absolute Gasteiger partial charge is 0.271 e. The van der Waals surface area contributed by atoms with Gasteiger partial charge in [-0.1, -0.05) is 18.2 Å². The van der Waals surface area contributed by atoms with Crippen LogP contribution in [0.4, 0.5) is 11.4 Å². The fourth-order valence-corrected chi connectivity index (χ4v) is 4.96. The lowest BCUT2D eigenvalue weighted by atomic mass is 9.95. The molecule has 1 atom stereocenters. The second-order valence-electron chi connectivity index (χ2n) is 9.28. The SMILES string of the molecule is Cc1ccncc1CNc1ccc2c(c1)Cc1cccc(C3CN(c4ccc[nH]c4=O)CCO3)c1O2. The van der Waals surface area contributed by atoms with E-state index in [0.717, 1.165) is 46.8 Å². The molecule has 0 amide bonds. The van der Waals surface area contributed by atoms with Gasteiger partial charge in [-0.25, -0.2) is 0 Å². The Labute approximate surface area is 209 Å². The van der Waals surface area contributed by atoms with Gasteiger partial charge >= 0.3 is 0 Å². The van der Waals surface area contributed by atoms with Gasteiger partial charge in [-0.3, -0.25) is 9.78 Å². The number of H-pyrrole nitrogens is 1. The van der Waals surface area contributed by atoms with Crippen LogP contribution in [0.5, 0.6) is 11.5 Å². The molecule has 2 aromatic carbocycles. The molecule has 2 aromatic heterocycles. The molecule has 0 aliphatic carbocycles. The van der Waals surface area contributed by atoms with Crippen molar-refractivity contribution >= 4 is 11.4 Å². The van der Waals surface area contributed by atoms with E-state index in [0.29, 0.717) is 25.4 Å². The second kappa shape index (κ2) is 9.51. The zero-order valence-corrected chi connectivity index (χ0v) is 20.2. The lowest BCUT2D eigenvalue weighted by molar-refractivity contribution is 0.0383. The lowest BCUT2D eigenvalue weighted by Crippen LogP contribution is -2.41.